The SMILES string of the molecule is CCCCOC(=O)C[CH2][Sn]([Br])([Br])[CH2]CC(=O)OCCCC. The van der Waals surface area contributed by atoms with E-state index in [1.165, 1.54) is 0 Å². The van der Waals surface area contributed by atoms with Crippen LogP contribution in [0.15, 0.2) is 0 Å². The monoisotopic (exact) mass is 536 g/mol. The molecule has 0 amide bonds. The van der Waals surface area contributed by atoms with Gasteiger partial charge >= 0.3 is 145 Å². The van der Waals surface area contributed by atoms with Gasteiger partial charge in [0.1, 0.15) is 0 Å². The molecule has 0 unspecified atom stereocenters. The molecule has 21 heavy (non-hydrogen) atoms. The zero-order valence-electron chi connectivity index (χ0n) is 13.0. The molecule has 0 bridgehead atoms. The fraction of sp³-hybridized carbons (Fsp3) is 0.857. The van der Waals surface area contributed by atoms with E-state index in [1.54, 1.807) is 0 Å². The summed E-state index contributed by atoms with van der Waals surface area (Å²) in [5, 5.41) is 0. The molecular formula is C14H26Br2O4Sn. The Labute approximate surface area is 144 Å². The van der Waals surface area contributed by atoms with Crippen LogP contribution in [0.2, 0.25) is 8.87 Å². The number of unbranched alkanes of at least 4 members (excludes halogenated alkanes) is 2. The molecule has 0 N–H and O–H groups in total. The van der Waals surface area contributed by atoms with Crippen molar-refractivity contribution in [3.8, 4) is 0 Å². The topological polar surface area (TPSA) is 52.6 Å². The van der Waals surface area contributed by atoms with E-state index < -0.39 is 13.9 Å². The first-order valence-electron chi connectivity index (χ1n) is 7.60. The van der Waals surface area contributed by atoms with Gasteiger partial charge in [-0.25, -0.2) is 0 Å². The first-order valence-corrected chi connectivity index (χ1v) is 24.4. The van der Waals surface area contributed by atoms with Crippen molar-refractivity contribution in [2.24, 2.45) is 0 Å². The van der Waals surface area contributed by atoms with Crippen LogP contribution in [0.1, 0.15) is 52.4 Å². The van der Waals surface area contributed by atoms with E-state index in [2.05, 4.69) is 39.3 Å². The van der Waals surface area contributed by atoms with E-state index in [4.69, 9.17) is 9.47 Å². The molecule has 0 radical (unpaired) electrons. The van der Waals surface area contributed by atoms with Gasteiger partial charge in [0.05, 0.1) is 0 Å². The third kappa shape index (κ3) is 14.0. The minimum atomic E-state index is -2.66. The predicted octanol–water partition coefficient (Wildman–Crippen LogP) is 4.69. The Balaban J connectivity index is 3.81. The third-order valence-corrected chi connectivity index (χ3v) is 19.2. The molecule has 0 aromatic carbocycles. The number of esters is 2. The van der Waals surface area contributed by atoms with Crippen LogP contribution in [0, 0.1) is 0 Å². The number of hydrogen-bond acceptors (Lipinski definition) is 4. The van der Waals surface area contributed by atoms with Gasteiger partial charge < -0.3 is 0 Å². The van der Waals surface area contributed by atoms with Crippen LogP contribution in [0.3, 0.4) is 0 Å². The fourth-order valence-electron chi connectivity index (χ4n) is 1.50. The van der Waals surface area contributed by atoms with Gasteiger partial charge in [-0.1, -0.05) is 0 Å². The first kappa shape index (κ1) is 21.7. The van der Waals surface area contributed by atoms with Crippen LogP contribution in [-0.2, 0) is 19.1 Å². The third-order valence-electron chi connectivity index (χ3n) is 2.91. The van der Waals surface area contributed by atoms with Crippen molar-refractivity contribution in [2.75, 3.05) is 13.2 Å². The Hall–Kier alpha value is 0.699. The molecule has 0 aliphatic heterocycles. The molecular weight excluding hydrogens is 511 g/mol. The van der Waals surface area contributed by atoms with E-state index in [0.717, 1.165) is 34.6 Å². The number of carbonyl (C=O) groups is 2. The van der Waals surface area contributed by atoms with Gasteiger partial charge in [-0.2, -0.15) is 0 Å². The molecule has 0 saturated heterocycles. The van der Waals surface area contributed by atoms with Gasteiger partial charge in [0.2, 0.25) is 0 Å². The number of hydrogen-bond donors (Lipinski definition) is 0. The molecule has 124 valence electrons. The van der Waals surface area contributed by atoms with Crippen molar-refractivity contribution in [3.05, 3.63) is 0 Å². The van der Waals surface area contributed by atoms with Gasteiger partial charge in [0.15, 0.2) is 0 Å². The summed E-state index contributed by atoms with van der Waals surface area (Å²) in [6.07, 6.45) is 4.70. The standard InChI is InChI=1S/2C7H13O2.2BrH.Sn/c2*1-3-5-6-9-7(8)4-2;;;/h2*2-6H2,1H3;2*1H;/q;;;;+2/p-2. The summed E-state index contributed by atoms with van der Waals surface area (Å²) in [7, 11) is 0. The minimum absolute atomic E-state index is 0.144. The molecule has 0 aliphatic carbocycles. The van der Waals surface area contributed by atoms with Crippen LogP contribution in [0.4, 0.5) is 0 Å². The predicted molar refractivity (Wildman–Crippen MR) is 94.2 cm³/mol. The molecule has 0 atom stereocenters. The molecule has 0 spiro atoms. The van der Waals surface area contributed by atoms with Crippen molar-refractivity contribution < 1.29 is 19.1 Å². The van der Waals surface area contributed by atoms with E-state index in [1.807, 2.05) is 0 Å². The molecule has 0 aliphatic rings. The van der Waals surface area contributed by atoms with Gasteiger partial charge in [-0.3, -0.25) is 0 Å². The Morgan fingerprint density at radius 1 is 0.857 bits per heavy atom. The van der Waals surface area contributed by atoms with Gasteiger partial charge in [0.25, 0.3) is 0 Å². The molecule has 4 nitrogen and oxygen atoms in total. The molecule has 0 rings (SSSR count). The van der Waals surface area contributed by atoms with Gasteiger partial charge in [-0.15, -0.1) is 0 Å². The molecule has 0 aromatic heterocycles. The van der Waals surface area contributed by atoms with E-state index in [-0.39, 0.29) is 11.9 Å². The molecule has 0 heterocycles. The summed E-state index contributed by atoms with van der Waals surface area (Å²) in [5.41, 5.74) is 0. The maximum absolute atomic E-state index is 11.6. The van der Waals surface area contributed by atoms with Crippen LogP contribution >= 0.6 is 25.4 Å². The number of carbonyl (C=O) groups excluding carboxylic acids is 2. The Kier molecular flexibility index (Phi) is 13.6. The van der Waals surface area contributed by atoms with E-state index >= 15 is 0 Å². The zero-order chi connectivity index (χ0) is 16.1. The quantitative estimate of drug-likeness (QED) is 0.206. The van der Waals surface area contributed by atoms with E-state index in [0.29, 0.717) is 26.1 Å². The van der Waals surface area contributed by atoms with Crippen LogP contribution in [-0.4, -0.2) is 39.1 Å². The number of halogens is 2. The van der Waals surface area contributed by atoms with Crippen LogP contribution in [0.5, 0.6) is 0 Å². The van der Waals surface area contributed by atoms with Crippen molar-refractivity contribution in [3.63, 3.8) is 0 Å². The normalized spacial score (nSPS) is 11.2. The Morgan fingerprint density at radius 3 is 1.57 bits per heavy atom. The summed E-state index contributed by atoms with van der Waals surface area (Å²) in [4.78, 5) is 23.1. The Bertz CT molecular complexity index is 283. The summed E-state index contributed by atoms with van der Waals surface area (Å²) in [5.74, 6) is -0.289. The number of rotatable bonds is 12. The van der Waals surface area contributed by atoms with Crippen molar-refractivity contribution in [1.29, 1.82) is 0 Å². The second kappa shape index (κ2) is 13.2. The summed E-state index contributed by atoms with van der Waals surface area (Å²) in [6.45, 7) is 5.14. The number of ether oxygens (including phenoxy) is 2. The summed E-state index contributed by atoms with van der Waals surface area (Å²) < 4.78 is 11.8. The first-order chi connectivity index (χ1) is 9.91. The van der Waals surface area contributed by atoms with Crippen molar-refractivity contribution >= 4 is 51.3 Å². The van der Waals surface area contributed by atoms with Crippen LogP contribution in [0.25, 0.3) is 0 Å². The second-order valence-corrected chi connectivity index (χ2v) is 40.2. The molecule has 7 heteroatoms. The summed E-state index contributed by atoms with van der Waals surface area (Å²) in [6, 6.07) is 0. The molecule has 0 saturated carbocycles. The van der Waals surface area contributed by atoms with Crippen LogP contribution < -0.4 is 0 Å². The van der Waals surface area contributed by atoms with Crippen molar-refractivity contribution in [2.45, 2.75) is 61.2 Å². The maximum atomic E-state index is 11.6. The fourth-order valence-corrected chi connectivity index (χ4v) is 10.8. The van der Waals surface area contributed by atoms with Gasteiger partial charge in [0, 0.05) is 0 Å². The second-order valence-electron chi connectivity index (χ2n) is 5.00. The van der Waals surface area contributed by atoms with Gasteiger partial charge in [-0.05, 0) is 0 Å². The average Bonchev–Trinajstić information content (AvgIpc) is 2.44. The molecule has 0 aromatic rings. The van der Waals surface area contributed by atoms with E-state index in [9.17, 15) is 9.59 Å². The van der Waals surface area contributed by atoms with Crippen molar-refractivity contribution in [1.82, 2.24) is 0 Å². The Morgan fingerprint density at radius 2 is 1.24 bits per heavy atom. The zero-order valence-corrected chi connectivity index (χ0v) is 19.0. The average molecular weight is 537 g/mol. The molecule has 0 fully saturated rings. The summed E-state index contributed by atoms with van der Waals surface area (Å²) >= 11 is 4.77.